The molecule has 0 aliphatic carbocycles. The van der Waals surface area contributed by atoms with Crippen LogP contribution in [0.3, 0.4) is 0 Å². The molecule has 2 aromatic heterocycles. The summed E-state index contributed by atoms with van der Waals surface area (Å²) in [5.41, 5.74) is -2.30. The summed E-state index contributed by atoms with van der Waals surface area (Å²) in [5.74, 6) is -2.88. The van der Waals surface area contributed by atoms with Gasteiger partial charge in [0, 0.05) is 61.4 Å². The topological polar surface area (TPSA) is 150 Å². The van der Waals surface area contributed by atoms with E-state index < -0.39 is 41.3 Å². The van der Waals surface area contributed by atoms with Gasteiger partial charge in [0.2, 0.25) is 5.75 Å². The van der Waals surface area contributed by atoms with Crippen molar-refractivity contribution in [3.8, 4) is 23.0 Å². The van der Waals surface area contributed by atoms with Crippen LogP contribution in [0.25, 0.3) is 21.8 Å². The van der Waals surface area contributed by atoms with Crippen molar-refractivity contribution in [1.29, 1.82) is 0 Å². The smallest absolute Gasteiger partial charge is 0.432 e. The van der Waals surface area contributed by atoms with Crippen LogP contribution in [0.5, 0.6) is 23.0 Å². The molecular formula is C31H31ClF3N5O8. The Morgan fingerprint density at radius 3 is 2.23 bits per heavy atom. The van der Waals surface area contributed by atoms with Gasteiger partial charge < -0.3 is 48.7 Å². The minimum absolute atomic E-state index is 0.0512. The van der Waals surface area contributed by atoms with Crippen molar-refractivity contribution in [1.82, 2.24) is 19.8 Å². The Labute approximate surface area is 276 Å². The first-order chi connectivity index (χ1) is 22.8. The third-order valence-corrected chi connectivity index (χ3v) is 9.07. The van der Waals surface area contributed by atoms with Crippen molar-refractivity contribution in [2.75, 3.05) is 71.9 Å². The summed E-state index contributed by atoms with van der Waals surface area (Å²) in [4.78, 5) is 49.8. The number of aromatic nitrogens is 2. The van der Waals surface area contributed by atoms with Gasteiger partial charge in [-0.3, -0.25) is 4.79 Å². The first-order valence-electron chi connectivity index (χ1n) is 14.7. The second kappa shape index (κ2) is 12.3. The number of nitrogens with zero attached hydrogens (tertiary/aromatic N) is 3. The first kappa shape index (κ1) is 33.1. The molecular weight excluding hydrogens is 663 g/mol. The number of carbonyl (C=O) groups excluding carboxylic acids is 2. The van der Waals surface area contributed by atoms with Crippen molar-refractivity contribution in [2.24, 2.45) is 0 Å². The van der Waals surface area contributed by atoms with Crippen LogP contribution in [-0.2, 0) is 6.18 Å². The summed E-state index contributed by atoms with van der Waals surface area (Å²) >= 11 is 6.32. The van der Waals surface area contributed by atoms with Crippen LogP contribution in [-0.4, -0.2) is 110 Å². The van der Waals surface area contributed by atoms with Gasteiger partial charge in [-0.2, -0.15) is 13.2 Å². The number of likely N-dealkylation sites (N-methyl/N-ethyl adjacent to an activating group) is 1. The Hall–Kier alpha value is -4.83. The Balaban J connectivity index is 1.53. The number of halogens is 4. The zero-order chi connectivity index (χ0) is 34.7. The number of methoxy groups -OCH3 is 3. The third kappa shape index (κ3) is 5.38. The quantitative estimate of drug-likeness (QED) is 0.224. The monoisotopic (exact) mass is 693 g/mol. The van der Waals surface area contributed by atoms with Crippen LogP contribution in [0.15, 0.2) is 18.2 Å². The highest BCUT2D eigenvalue weighted by Gasteiger charge is 2.44. The number of anilines is 1. The molecule has 1 fully saturated rings. The van der Waals surface area contributed by atoms with Crippen LogP contribution in [0.4, 0.5) is 23.7 Å². The summed E-state index contributed by atoms with van der Waals surface area (Å²) < 4.78 is 64.8. The molecule has 0 saturated carbocycles. The summed E-state index contributed by atoms with van der Waals surface area (Å²) in [6, 6.07) is 4.46. The lowest BCUT2D eigenvalue weighted by Gasteiger charge is -2.31. The number of carboxylic acid groups (broad SMARTS) is 1. The number of aromatic carboxylic acids is 1. The van der Waals surface area contributed by atoms with E-state index in [-0.39, 0.29) is 57.5 Å². The molecule has 13 nitrogen and oxygen atoms in total. The van der Waals surface area contributed by atoms with Crippen LogP contribution >= 0.6 is 11.6 Å². The van der Waals surface area contributed by atoms with E-state index in [2.05, 4.69) is 9.97 Å². The molecule has 17 heteroatoms. The number of carbonyl (C=O) groups is 3. The van der Waals surface area contributed by atoms with Crippen LogP contribution < -0.4 is 23.8 Å². The minimum atomic E-state index is -5.10. The molecule has 0 radical (unpaired) electrons. The molecule has 2 amide bonds. The van der Waals surface area contributed by atoms with Crippen molar-refractivity contribution >= 4 is 57.1 Å². The number of piperazine rings is 1. The molecule has 1 atom stereocenters. The maximum absolute atomic E-state index is 14.3. The normalized spacial score (nSPS) is 16.8. The van der Waals surface area contributed by atoms with Gasteiger partial charge in [0.15, 0.2) is 17.2 Å². The number of nitrogens with one attached hydrogen (secondary N) is 2. The van der Waals surface area contributed by atoms with E-state index in [9.17, 15) is 32.7 Å². The van der Waals surface area contributed by atoms with Crippen molar-refractivity contribution in [3.63, 3.8) is 0 Å². The number of hydrogen-bond acceptors (Lipinski definition) is 8. The molecule has 256 valence electrons. The van der Waals surface area contributed by atoms with E-state index >= 15 is 0 Å². The predicted octanol–water partition coefficient (Wildman–Crippen LogP) is 5.12. The molecule has 0 spiro atoms. The molecule has 3 N–H and O–H groups in total. The van der Waals surface area contributed by atoms with Gasteiger partial charge in [-0.25, -0.2) is 9.59 Å². The maximum atomic E-state index is 14.3. The molecule has 48 heavy (non-hydrogen) atoms. The van der Waals surface area contributed by atoms with E-state index in [0.29, 0.717) is 42.8 Å². The fourth-order valence-corrected chi connectivity index (χ4v) is 6.63. The van der Waals surface area contributed by atoms with E-state index in [1.54, 1.807) is 12.1 Å². The van der Waals surface area contributed by atoms with Gasteiger partial charge in [0.1, 0.15) is 11.4 Å². The molecule has 2 aliphatic rings. The highest BCUT2D eigenvalue weighted by atomic mass is 35.5. The van der Waals surface area contributed by atoms with Crippen LogP contribution in [0.2, 0.25) is 0 Å². The standard InChI is InChI=1S/C31H31ClF3N5O8/c1-38-5-7-39(8-6-38)30(44)48-18-11-17-20(21-22(29(42)43)27(31(33,34)35)37-24(18)21)15(12-32)13-40(17)28(41)16-9-14-10-19(45-2)25(46-3)26(47-4)23(14)36-16/h9-11,15,36-37H,5-8,12-13H2,1-4H3,(H,42,43). The van der Waals surface area contributed by atoms with Gasteiger partial charge in [0.05, 0.1) is 43.6 Å². The molecule has 1 saturated heterocycles. The number of carboxylic acids is 1. The van der Waals surface area contributed by atoms with Gasteiger partial charge in [-0.1, -0.05) is 0 Å². The summed E-state index contributed by atoms with van der Waals surface area (Å²) in [6.45, 7) is 1.60. The van der Waals surface area contributed by atoms with Gasteiger partial charge >= 0.3 is 18.2 Å². The second-order valence-corrected chi connectivity index (χ2v) is 11.8. The fraction of sp³-hybridized carbons (Fsp3) is 0.387. The summed E-state index contributed by atoms with van der Waals surface area (Å²) in [6.07, 6.45) is -5.94. The SMILES string of the molecule is COc1cc2cc(C(=O)N3CC(CCl)c4c3cc(OC(=O)N3CCN(C)CC3)c3[nH]c(C(F)(F)F)c(C(=O)O)c43)[nH]c2c(OC)c1OC. The largest absolute Gasteiger partial charge is 0.493 e. The van der Waals surface area contributed by atoms with Gasteiger partial charge in [-0.05, 0) is 24.7 Å². The highest BCUT2D eigenvalue weighted by Crippen LogP contribution is 2.50. The second-order valence-electron chi connectivity index (χ2n) is 11.5. The number of H-pyrrole nitrogens is 2. The molecule has 1 unspecified atom stereocenters. The average Bonchev–Trinajstić information content (AvgIpc) is 3.77. The molecule has 2 aromatic carbocycles. The maximum Gasteiger partial charge on any atom is 0.432 e. The van der Waals surface area contributed by atoms with Gasteiger partial charge in [-0.15, -0.1) is 11.6 Å². The Bertz CT molecular complexity index is 1950. The molecule has 4 heterocycles. The van der Waals surface area contributed by atoms with E-state index in [1.165, 1.54) is 37.2 Å². The first-order valence-corrected chi connectivity index (χ1v) is 15.2. The number of aromatic amines is 2. The number of amides is 2. The van der Waals surface area contributed by atoms with E-state index in [0.717, 1.165) is 0 Å². The lowest BCUT2D eigenvalue weighted by molar-refractivity contribution is -0.141. The fourth-order valence-electron chi connectivity index (χ4n) is 6.38. The van der Waals surface area contributed by atoms with Crippen molar-refractivity contribution in [2.45, 2.75) is 12.1 Å². The average molecular weight is 694 g/mol. The number of hydrogen-bond donors (Lipinski definition) is 3. The number of ether oxygens (including phenoxy) is 4. The van der Waals surface area contributed by atoms with Crippen LogP contribution in [0.1, 0.15) is 38.0 Å². The minimum Gasteiger partial charge on any atom is -0.493 e. The lowest BCUT2D eigenvalue weighted by Crippen LogP contribution is -2.48. The van der Waals surface area contributed by atoms with Crippen molar-refractivity contribution < 1.29 is 51.6 Å². The zero-order valence-corrected chi connectivity index (χ0v) is 27.0. The third-order valence-electron chi connectivity index (χ3n) is 8.70. The Morgan fingerprint density at radius 2 is 1.65 bits per heavy atom. The zero-order valence-electron chi connectivity index (χ0n) is 26.2. The van der Waals surface area contributed by atoms with Crippen molar-refractivity contribution in [3.05, 3.63) is 40.7 Å². The summed E-state index contributed by atoms with van der Waals surface area (Å²) in [7, 11) is 6.18. The molecule has 2 aliphatic heterocycles. The lowest BCUT2D eigenvalue weighted by atomic mass is 9.95. The number of benzene rings is 2. The molecule has 6 rings (SSSR count). The Morgan fingerprint density at radius 1 is 0.958 bits per heavy atom. The Kier molecular flexibility index (Phi) is 8.49. The number of alkyl halides is 4. The number of fused-ring (bicyclic) bond motifs is 4. The highest BCUT2D eigenvalue weighted by molar-refractivity contribution is 6.20. The molecule has 4 aromatic rings. The van der Waals surface area contributed by atoms with E-state index in [4.69, 9.17) is 30.5 Å². The van der Waals surface area contributed by atoms with Crippen LogP contribution in [0, 0.1) is 0 Å². The summed E-state index contributed by atoms with van der Waals surface area (Å²) in [5, 5.41) is 10.3. The van der Waals surface area contributed by atoms with E-state index in [1.807, 2.05) is 11.9 Å². The number of rotatable bonds is 7. The molecule has 0 bridgehead atoms. The van der Waals surface area contributed by atoms with Gasteiger partial charge in [0.25, 0.3) is 5.91 Å². The predicted molar refractivity (Wildman–Crippen MR) is 168 cm³/mol.